The van der Waals surface area contributed by atoms with Gasteiger partial charge >= 0.3 is 12.1 Å². The molecule has 3 aromatic rings. The van der Waals surface area contributed by atoms with Crippen molar-refractivity contribution in [3.63, 3.8) is 0 Å². The summed E-state index contributed by atoms with van der Waals surface area (Å²) in [6, 6.07) is 11.5. The molecule has 1 atom stereocenters. The van der Waals surface area contributed by atoms with Gasteiger partial charge in [0, 0.05) is 24.4 Å². The van der Waals surface area contributed by atoms with E-state index in [-0.39, 0.29) is 12.0 Å². The number of nitrogens with one attached hydrogen (secondary N) is 1. The van der Waals surface area contributed by atoms with Crippen LogP contribution in [0.3, 0.4) is 0 Å². The van der Waals surface area contributed by atoms with E-state index < -0.39 is 17.5 Å². The van der Waals surface area contributed by atoms with Crippen LogP contribution >= 0.6 is 0 Å². The second kappa shape index (κ2) is 8.69. The smallest absolute Gasteiger partial charge is 0.413 e. The van der Waals surface area contributed by atoms with Crippen molar-refractivity contribution in [2.75, 3.05) is 5.32 Å². The number of benzene rings is 1. The summed E-state index contributed by atoms with van der Waals surface area (Å²) < 4.78 is 7.02. The molecule has 0 spiro atoms. The number of hydrogen-bond acceptors (Lipinski definition) is 5. The maximum atomic E-state index is 12.3. The van der Waals surface area contributed by atoms with Gasteiger partial charge in [-0.3, -0.25) is 19.8 Å². The van der Waals surface area contributed by atoms with E-state index in [4.69, 9.17) is 4.74 Å². The fourth-order valence-corrected chi connectivity index (χ4v) is 3.65. The summed E-state index contributed by atoms with van der Waals surface area (Å²) in [5, 5.41) is 16.5. The number of aliphatic carboxylic acids is 1. The van der Waals surface area contributed by atoms with Crippen LogP contribution in [0.1, 0.15) is 39.2 Å². The highest BCUT2D eigenvalue weighted by Crippen LogP contribution is 2.48. The van der Waals surface area contributed by atoms with Crippen molar-refractivity contribution >= 4 is 17.9 Å². The Bertz CT molecular complexity index is 1160. The molecule has 1 fully saturated rings. The minimum atomic E-state index is -0.787. The van der Waals surface area contributed by atoms with Gasteiger partial charge < -0.3 is 9.84 Å². The summed E-state index contributed by atoms with van der Waals surface area (Å²) in [5.74, 6) is -0.0182. The summed E-state index contributed by atoms with van der Waals surface area (Å²) in [7, 11) is 1.76. The van der Waals surface area contributed by atoms with Gasteiger partial charge in [0.2, 0.25) is 0 Å². The average Bonchev–Trinajstić information content (AvgIpc) is 3.54. The molecule has 33 heavy (non-hydrogen) atoms. The van der Waals surface area contributed by atoms with E-state index in [1.807, 2.05) is 57.2 Å². The Morgan fingerprint density at radius 3 is 2.27 bits per heavy atom. The van der Waals surface area contributed by atoms with E-state index in [1.165, 1.54) is 0 Å². The number of hydrogen-bond donors (Lipinski definition) is 2. The van der Waals surface area contributed by atoms with Crippen LogP contribution in [0.25, 0.3) is 22.4 Å². The monoisotopic (exact) mass is 448 g/mol. The number of rotatable bonds is 7. The largest absolute Gasteiger partial charge is 0.481 e. The van der Waals surface area contributed by atoms with E-state index in [0.29, 0.717) is 18.7 Å². The number of nitrogens with zero attached hydrogens (tertiary/aromatic N) is 3. The van der Waals surface area contributed by atoms with Crippen molar-refractivity contribution in [2.24, 2.45) is 13.0 Å². The fourth-order valence-electron chi connectivity index (χ4n) is 3.65. The van der Waals surface area contributed by atoms with E-state index in [2.05, 4.69) is 15.4 Å². The van der Waals surface area contributed by atoms with Gasteiger partial charge in [0.1, 0.15) is 11.9 Å². The molecule has 1 aliphatic rings. The maximum Gasteiger partial charge on any atom is 0.413 e. The summed E-state index contributed by atoms with van der Waals surface area (Å²) in [6.45, 7) is 5.85. The first-order valence-electron chi connectivity index (χ1n) is 11.0. The van der Waals surface area contributed by atoms with Crippen LogP contribution < -0.4 is 5.32 Å². The molecule has 2 heterocycles. The molecule has 0 saturated heterocycles. The van der Waals surface area contributed by atoms with Gasteiger partial charge in [-0.1, -0.05) is 44.2 Å². The Balaban J connectivity index is 1.51. The van der Waals surface area contributed by atoms with Crippen LogP contribution in [0.2, 0.25) is 0 Å². The van der Waals surface area contributed by atoms with Crippen LogP contribution in [0, 0.1) is 5.92 Å². The van der Waals surface area contributed by atoms with Crippen molar-refractivity contribution < 1.29 is 19.4 Å². The number of carboxylic acids is 1. The quantitative estimate of drug-likeness (QED) is 0.535. The molecule has 172 valence electrons. The van der Waals surface area contributed by atoms with Crippen molar-refractivity contribution in [3.8, 4) is 22.4 Å². The summed E-state index contributed by atoms with van der Waals surface area (Å²) >= 11 is 0. The Morgan fingerprint density at radius 2 is 1.73 bits per heavy atom. The number of carboxylic acid groups (broad SMARTS) is 1. The number of carbonyl (C=O) groups excluding carboxylic acids is 1. The van der Waals surface area contributed by atoms with Gasteiger partial charge in [-0.15, -0.1) is 0 Å². The first-order valence-corrected chi connectivity index (χ1v) is 11.0. The Morgan fingerprint density at radius 1 is 1.06 bits per heavy atom. The van der Waals surface area contributed by atoms with E-state index in [0.717, 1.165) is 27.9 Å². The normalized spacial score (nSPS) is 15.2. The maximum absolute atomic E-state index is 12.3. The lowest BCUT2D eigenvalue weighted by molar-refractivity contribution is -0.140. The van der Waals surface area contributed by atoms with Gasteiger partial charge in [0.15, 0.2) is 0 Å². The number of ether oxygens (including phenoxy) is 1. The molecule has 0 aliphatic heterocycles. The molecule has 1 aliphatic carbocycles. The lowest BCUT2D eigenvalue weighted by Crippen LogP contribution is -2.25. The summed E-state index contributed by atoms with van der Waals surface area (Å²) in [6.07, 6.45) is 3.95. The number of carbonyl (C=O) groups is 2. The number of pyridine rings is 1. The fraction of sp³-hybridized carbons (Fsp3) is 0.360. The molecule has 1 aromatic carbocycles. The third-order valence-electron chi connectivity index (χ3n) is 6.36. The summed E-state index contributed by atoms with van der Waals surface area (Å²) in [5.41, 5.74) is 3.33. The lowest BCUT2D eigenvalue weighted by atomic mass is 9.97. The zero-order valence-electron chi connectivity index (χ0n) is 19.2. The van der Waals surface area contributed by atoms with Crippen LogP contribution in [-0.4, -0.2) is 38.0 Å². The molecule has 0 radical (unpaired) electrons. The second-order valence-corrected chi connectivity index (χ2v) is 8.91. The Labute approximate surface area is 192 Å². The van der Waals surface area contributed by atoms with Crippen LogP contribution in [-0.2, 0) is 22.0 Å². The van der Waals surface area contributed by atoms with Gasteiger partial charge in [0.25, 0.3) is 0 Å². The zero-order chi connectivity index (χ0) is 23.8. The van der Waals surface area contributed by atoms with E-state index in [1.54, 1.807) is 24.1 Å². The highest BCUT2D eigenvalue weighted by molar-refractivity contribution is 5.90. The van der Waals surface area contributed by atoms with Crippen LogP contribution in [0.5, 0.6) is 0 Å². The highest BCUT2D eigenvalue weighted by Gasteiger charge is 2.51. The number of aromatic nitrogens is 3. The van der Waals surface area contributed by atoms with Gasteiger partial charge in [-0.05, 0) is 42.9 Å². The minimum Gasteiger partial charge on any atom is -0.481 e. The van der Waals surface area contributed by atoms with Crippen LogP contribution in [0.4, 0.5) is 10.6 Å². The number of aryl methyl sites for hydroxylation is 1. The molecule has 1 saturated carbocycles. The standard InChI is InChI=1S/C25H28N4O4/c1-15(2)16(3)33-24(32)28-22-20(14-27-29(22)4)17-5-7-18(8-6-17)21-10-9-19(13-26-21)25(11-12-25)23(30)31/h5-10,13-16H,11-12H2,1-4H3,(H,28,32)(H,30,31)/t16-/m1/s1. The van der Waals surface area contributed by atoms with Gasteiger partial charge in [0.05, 0.1) is 17.3 Å². The third kappa shape index (κ3) is 4.46. The molecule has 8 nitrogen and oxygen atoms in total. The van der Waals surface area contributed by atoms with Crippen molar-refractivity contribution in [1.82, 2.24) is 14.8 Å². The van der Waals surface area contributed by atoms with Crippen molar-refractivity contribution in [3.05, 3.63) is 54.4 Å². The van der Waals surface area contributed by atoms with Gasteiger partial charge in [-0.2, -0.15) is 5.10 Å². The molecular weight excluding hydrogens is 420 g/mol. The lowest BCUT2D eigenvalue weighted by Gasteiger charge is -2.17. The molecule has 0 bridgehead atoms. The Kier molecular flexibility index (Phi) is 5.93. The highest BCUT2D eigenvalue weighted by atomic mass is 16.6. The first-order chi connectivity index (χ1) is 15.7. The molecule has 0 unspecified atom stereocenters. The van der Waals surface area contributed by atoms with E-state index >= 15 is 0 Å². The first kappa shape index (κ1) is 22.5. The molecule has 2 aromatic heterocycles. The number of amides is 1. The molecular formula is C25H28N4O4. The predicted octanol–water partition coefficient (Wildman–Crippen LogP) is 4.86. The average molecular weight is 449 g/mol. The minimum absolute atomic E-state index is 0.204. The topological polar surface area (TPSA) is 106 Å². The van der Waals surface area contributed by atoms with Crippen molar-refractivity contribution in [1.29, 1.82) is 0 Å². The molecule has 2 N–H and O–H groups in total. The zero-order valence-corrected chi connectivity index (χ0v) is 19.2. The third-order valence-corrected chi connectivity index (χ3v) is 6.36. The predicted molar refractivity (Wildman–Crippen MR) is 125 cm³/mol. The second-order valence-electron chi connectivity index (χ2n) is 8.91. The SMILES string of the molecule is CC(C)[C@@H](C)OC(=O)Nc1c(-c2ccc(-c3ccc(C4(C(=O)O)CC4)cn3)cc2)cnn1C. The summed E-state index contributed by atoms with van der Waals surface area (Å²) in [4.78, 5) is 28.3. The molecule has 8 heteroatoms. The van der Waals surface area contributed by atoms with Gasteiger partial charge in [-0.25, -0.2) is 4.79 Å². The molecule has 1 amide bonds. The van der Waals surface area contributed by atoms with E-state index in [9.17, 15) is 14.7 Å². The van der Waals surface area contributed by atoms with Crippen molar-refractivity contribution in [2.45, 2.75) is 45.1 Å². The molecule has 4 rings (SSSR count). The Hall–Kier alpha value is -3.68. The number of anilines is 1. The van der Waals surface area contributed by atoms with Crippen LogP contribution in [0.15, 0.2) is 48.8 Å².